The summed E-state index contributed by atoms with van der Waals surface area (Å²) in [6.07, 6.45) is 0. The van der Waals surface area contributed by atoms with Gasteiger partial charge in [0.15, 0.2) is 0 Å². The van der Waals surface area contributed by atoms with Gasteiger partial charge in [0.2, 0.25) is 0 Å². The van der Waals surface area contributed by atoms with Crippen molar-refractivity contribution in [2.75, 3.05) is 0 Å². The Labute approximate surface area is 163 Å². The van der Waals surface area contributed by atoms with E-state index in [0.29, 0.717) is 27.4 Å². The quantitative estimate of drug-likeness (QED) is 0.526. The number of esters is 1. The van der Waals surface area contributed by atoms with E-state index in [1.165, 1.54) is 0 Å². The van der Waals surface area contributed by atoms with Crippen LogP contribution in [0.3, 0.4) is 0 Å². The van der Waals surface area contributed by atoms with Crippen molar-refractivity contribution in [2.24, 2.45) is 0 Å². The summed E-state index contributed by atoms with van der Waals surface area (Å²) >= 11 is 5.96. The summed E-state index contributed by atoms with van der Waals surface area (Å²) in [6.45, 7) is 1.42. The lowest BCUT2D eigenvalue weighted by molar-refractivity contribution is 0.0461. The number of aryl methyl sites for hydroxylation is 1. The minimum Gasteiger partial charge on any atom is -0.454 e. The Morgan fingerprint density at radius 3 is 2.79 bits per heavy atom. The van der Waals surface area contributed by atoms with Gasteiger partial charge in [-0.2, -0.15) is 0 Å². The first-order valence-electron chi connectivity index (χ1n) is 8.40. The van der Waals surface area contributed by atoms with Crippen LogP contribution in [0.1, 0.15) is 21.9 Å². The molecule has 2 aromatic heterocycles. The second-order valence-corrected chi connectivity index (χ2v) is 6.52. The zero-order chi connectivity index (χ0) is 19.7. The maximum Gasteiger partial charge on any atom is 0.344 e. The fourth-order valence-corrected chi connectivity index (χ4v) is 3.01. The SMILES string of the molecule is Cc1onc(-c2ccccc2)c1C(=O)OCc1nc2cc(Cl)ccc2c(=O)[nH]1. The van der Waals surface area contributed by atoms with E-state index >= 15 is 0 Å². The van der Waals surface area contributed by atoms with Gasteiger partial charge < -0.3 is 14.2 Å². The van der Waals surface area contributed by atoms with Crippen LogP contribution in [-0.4, -0.2) is 21.1 Å². The molecule has 0 bridgehead atoms. The molecule has 0 atom stereocenters. The predicted molar refractivity (Wildman–Crippen MR) is 103 cm³/mol. The highest BCUT2D eigenvalue weighted by Crippen LogP contribution is 2.26. The van der Waals surface area contributed by atoms with Crippen molar-refractivity contribution in [3.8, 4) is 11.3 Å². The molecular formula is C20H14ClN3O4. The summed E-state index contributed by atoms with van der Waals surface area (Å²) in [7, 11) is 0. The van der Waals surface area contributed by atoms with Crippen molar-refractivity contribution in [1.29, 1.82) is 0 Å². The summed E-state index contributed by atoms with van der Waals surface area (Å²) in [5.41, 5.74) is 1.46. The van der Waals surface area contributed by atoms with Gasteiger partial charge in [-0.3, -0.25) is 4.79 Å². The Balaban J connectivity index is 1.60. The monoisotopic (exact) mass is 395 g/mol. The number of hydrogen-bond acceptors (Lipinski definition) is 6. The largest absolute Gasteiger partial charge is 0.454 e. The number of hydrogen-bond donors (Lipinski definition) is 1. The zero-order valence-electron chi connectivity index (χ0n) is 14.7. The van der Waals surface area contributed by atoms with Crippen molar-refractivity contribution in [3.63, 3.8) is 0 Å². The van der Waals surface area contributed by atoms with E-state index in [9.17, 15) is 9.59 Å². The Hall–Kier alpha value is -3.45. The fraction of sp³-hybridized carbons (Fsp3) is 0.100. The topological polar surface area (TPSA) is 98.1 Å². The molecule has 0 saturated carbocycles. The molecule has 1 N–H and O–H groups in total. The number of benzene rings is 2. The van der Waals surface area contributed by atoms with E-state index in [2.05, 4.69) is 15.1 Å². The van der Waals surface area contributed by atoms with Gasteiger partial charge in [0, 0.05) is 10.6 Å². The Morgan fingerprint density at radius 2 is 2.00 bits per heavy atom. The molecule has 2 aromatic carbocycles. The summed E-state index contributed by atoms with van der Waals surface area (Å²) < 4.78 is 10.5. The number of carbonyl (C=O) groups is 1. The van der Waals surface area contributed by atoms with Crippen LogP contribution in [-0.2, 0) is 11.3 Å². The molecule has 0 saturated heterocycles. The van der Waals surface area contributed by atoms with Gasteiger partial charge in [-0.15, -0.1) is 0 Å². The Bertz CT molecular complexity index is 1230. The smallest absolute Gasteiger partial charge is 0.344 e. The molecular weight excluding hydrogens is 382 g/mol. The molecule has 0 aliphatic heterocycles. The van der Waals surface area contributed by atoms with Crippen molar-refractivity contribution < 1.29 is 14.1 Å². The first-order chi connectivity index (χ1) is 13.5. The molecule has 0 amide bonds. The fourth-order valence-electron chi connectivity index (χ4n) is 2.84. The van der Waals surface area contributed by atoms with Crippen LogP contribution in [0.25, 0.3) is 22.2 Å². The highest BCUT2D eigenvalue weighted by atomic mass is 35.5. The average Bonchev–Trinajstić information content (AvgIpc) is 3.08. The molecule has 4 rings (SSSR count). The van der Waals surface area contributed by atoms with Crippen molar-refractivity contribution >= 4 is 28.5 Å². The van der Waals surface area contributed by atoms with Crippen LogP contribution in [0.4, 0.5) is 0 Å². The molecule has 28 heavy (non-hydrogen) atoms. The molecule has 2 heterocycles. The molecule has 0 unspecified atom stereocenters. The summed E-state index contributed by atoms with van der Waals surface area (Å²) in [5.74, 6) is -0.0643. The van der Waals surface area contributed by atoms with E-state index in [1.54, 1.807) is 25.1 Å². The van der Waals surface area contributed by atoms with Gasteiger partial charge >= 0.3 is 5.97 Å². The maximum absolute atomic E-state index is 12.6. The second kappa shape index (κ2) is 7.28. The Morgan fingerprint density at radius 1 is 1.21 bits per heavy atom. The number of nitrogens with one attached hydrogen (secondary N) is 1. The highest BCUT2D eigenvalue weighted by molar-refractivity contribution is 6.31. The summed E-state index contributed by atoms with van der Waals surface area (Å²) in [6, 6.07) is 14.0. The third kappa shape index (κ3) is 3.39. The van der Waals surface area contributed by atoms with Crippen molar-refractivity contribution in [1.82, 2.24) is 15.1 Å². The number of halogens is 1. The molecule has 4 aromatic rings. The van der Waals surface area contributed by atoms with E-state index < -0.39 is 5.97 Å². The number of rotatable bonds is 4. The third-order valence-electron chi connectivity index (χ3n) is 4.17. The van der Waals surface area contributed by atoms with Gasteiger partial charge in [-0.1, -0.05) is 47.1 Å². The number of aromatic nitrogens is 3. The lowest BCUT2D eigenvalue weighted by Gasteiger charge is -2.06. The summed E-state index contributed by atoms with van der Waals surface area (Å²) in [5, 5.41) is 4.83. The first-order valence-corrected chi connectivity index (χ1v) is 8.78. The van der Waals surface area contributed by atoms with Gasteiger partial charge in [0.05, 0.1) is 10.9 Å². The van der Waals surface area contributed by atoms with Crippen LogP contribution in [0.15, 0.2) is 57.8 Å². The second-order valence-electron chi connectivity index (χ2n) is 6.08. The average molecular weight is 396 g/mol. The highest BCUT2D eigenvalue weighted by Gasteiger charge is 2.23. The Kier molecular flexibility index (Phi) is 4.67. The molecule has 0 radical (unpaired) electrons. The van der Waals surface area contributed by atoms with Crippen molar-refractivity contribution in [2.45, 2.75) is 13.5 Å². The molecule has 140 valence electrons. The van der Waals surface area contributed by atoms with E-state index in [4.69, 9.17) is 20.9 Å². The number of fused-ring (bicyclic) bond motifs is 1. The molecule has 0 spiro atoms. The van der Waals surface area contributed by atoms with E-state index in [-0.39, 0.29) is 23.6 Å². The molecule has 8 heteroatoms. The maximum atomic E-state index is 12.6. The van der Waals surface area contributed by atoms with Crippen LogP contribution < -0.4 is 5.56 Å². The lowest BCUT2D eigenvalue weighted by Crippen LogP contribution is -2.15. The molecule has 0 fully saturated rings. The number of H-pyrrole nitrogens is 1. The first kappa shape index (κ1) is 17.9. The number of nitrogens with zero attached hydrogens (tertiary/aromatic N) is 2. The van der Waals surface area contributed by atoms with E-state index in [0.717, 1.165) is 5.56 Å². The van der Waals surface area contributed by atoms with Gasteiger partial charge in [-0.05, 0) is 25.1 Å². The van der Waals surface area contributed by atoms with Crippen LogP contribution in [0.2, 0.25) is 5.02 Å². The predicted octanol–water partition coefficient (Wildman–Crippen LogP) is 3.90. The van der Waals surface area contributed by atoms with Crippen molar-refractivity contribution in [3.05, 3.63) is 81.1 Å². The molecule has 0 aliphatic carbocycles. The normalized spacial score (nSPS) is 10.9. The van der Waals surface area contributed by atoms with Crippen LogP contribution in [0, 0.1) is 6.92 Å². The number of ether oxygens (including phenoxy) is 1. The van der Waals surface area contributed by atoms with Gasteiger partial charge in [0.25, 0.3) is 5.56 Å². The lowest BCUT2D eigenvalue weighted by atomic mass is 10.1. The number of aromatic amines is 1. The summed E-state index contributed by atoms with van der Waals surface area (Å²) in [4.78, 5) is 31.7. The molecule has 7 nitrogen and oxygen atoms in total. The van der Waals surface area contributed by atoms with E-state index in [1.807, 2.05) is 30.3 Å². The van der Waals surface area contributed by atoms with Gasteiger partial charge in [-0.25, -0.2) is 9.78 Å². The third-order valence-corrected chi connectivity index (χ3v) is 4.41. The minimum atomic E-state index is -0.619. The van der Waals surface area contributed by atoms with Gasteiger partial charge in [0.1, 0.15) is 29.4 Å². The molecule has 0 aliphatic rings. The zero-order valence-corrected chi connectivity index (χ0v) is 15.5. The standard InChI is InChI=1S/C20H14ClN3O4/c1-11-17(18(24-28-11)12-5-3-2-4-6-12)20(26)27-10-16-22-15-9-13(21)7-8-14(15)19(25)23-16/h2-9H,10H2,1H3,(H,22,23,25). The van der Waals surface area contributed by atoms with Crippen LogP contribution >= 0.6 is 11.6 Å². The minimum absolute atomic E-state index is 0.212. The number of carbonyl (C=O) groups excluding carboxylic acids is 1. The van der Waals surface area contributed by atoms with Crippen LogP contribution in [0.5, 0.6) is 0 Å².